The highest BCUT2D eigenvalue weighted by molar-refractivity contribution is 5.95. The van der Waals surface area contributed by atoms with Crippen LogP contribution in [0.3, 0.4) is 0 Å². The average molecular weight is 310 g/mol. The average Bonchev–Trinajstić information content (AvgIpc) is 2.54. The van der Waals surface area contributed by atoms with Gasteiger partial charge in [-0.15, -0.1) is 0 Å². The van der Waals surface area contributed by atoms with Crippen LogP contribution in [0.5, 0.6) is 0 Å². The van der Waals surface area contributed by atoms with Crippen LogP contribution in [0.15, 0.2) is 48.5 Å². The summed E-state index contributed by atoms with van der Waals surface area (Å²) >= 11 is 0. The molecule has 0 heterocycles. The Morgan fingerprint density at radius 2 is 1.74 bits per heavy atom. The van der Waals surface area contributed by atoms with Gasteiger partial charge in [-0.05, 0) is 56.3 Å². The fourth-order valence-corrected chi connectivity index (χ4v) is 2.71. The summed E-state index contributed by atoms with van der Waals surface area (Å²) in [6, 6.07) is 16.4. The lowest BCUT2D eigenvalue weighted by molar-refractivity contribution is 0.0934. The van der Waals surface area contributed by atoms with Crippen molar-refractivity contribution in [3.63, 3.8) is 0 Å². The van der Waals surface area contributed by atoms with Gasteiger partial charge in [0.25, 0.3) is 5.91 Å². The van der Waals surface area contributed by atoms with Crippen LogP contribution < -0.4 is 5.32 Å². The molecule has 0 aliphatic heterocycles. The van der Waals surface area contributed by atoms with Gasteiger partial charge in [0, 0.05) is 18.2 Å². The second kappa shape index (κ2) is 7.93. The Bertz CT molecular complexity index is 664. The van der Waals surface area contributed by atoms with Crippen LogP contribution in [0.2, 0.25) is 0 Å². The van der Waals surface area contributed by atoms with Crippen molar-refractivity contribution in [2.45, 2.75) is 26.3 Å². The second-order valence-electron chi connectivity index (χ2n) is 6.27. The zero-order chi connectivity index (χ0) is 16.8. The molecule has 0 saturated carbocycles. The van der Waals surface area contributed by atoms with Crippen LogP contribution in [0, 0.1) is 0 Å². The van der Waals surface area contributed by atoms with Crippen LogP contribution in [0.25, 0.3) is 11.1 Å². The normalized spacial score (nSPS) is 12.2. The van der Waals surface area contributed by atoms with Gasteiger partial charge in [0.1, 0.15) is 0 Å². The molecule has 0 radical (unpaired) electrons. The quantitative estimate of drug-likeness (QED) is 0.884. The SMILES string of the molecule is CCc1cccc(-c2cccc(C(=O)NC(C)CN(C)C)c2)c1. The molecule has 0 fully saturated rings. The van der Waals surface area contributed by atoms with E-state index in [1.54, 1.807) is 0 Å². The maximum absolute atomic E-state index is 12.4. The van der Waals surface area contributed by atoms with Crippen molar-refractivity contribution in [2.24, 2.45) is 0 Å². The summed E-state index contributed by atoms with van der Waals surface area (Å²) in [7, 11) is 4.01. The Hall–Kier alpha value is -2.13. The maximum Gasteiger partial charge on any atom is 0.251 e. The lowest BCUT2D eigenvalue weighted by Crippen LogP contribution is -2.39. The predicted molar refractivity (Wildman–Crippen MR) is 96.7 cm³/mol. The fraction of sp³-hybridized carbons (Fsp3) is 0.350. The Kier molecular flexibility index (Phi) is 5.94. The van der Waals surface area contributed by atoms with Crippen molar-refractivity contribution < 1.29 is 4.79 Å². The summed E-state index contributed by atoms with van der Waals surface area (Å²) in [6.45, 7) is 4.99. The van der Waals surface area contributed by atoms with Crippen molar-refractivity contribution in [1.82, 2.24) is 10.2 Å². The molecular weight excluding hydrogens is 284 g/mol. The van der Waals surface area contributed by atoms with E-state index in [4.69, 9.17) is 0 Å². The van der Waals surface area contributed by atoms with E-state index in [0.29, 0.717) is 5.56 Å². The number of hydrogen-bond donors (Lipinski definition) is 1. The van der Waals surface area contributed by atoms with Crippen LogP contribution in [0.4, 0.5) is 0 Å². The fourth-order valence-electron chi connectivity index (χ4n) is 2.71. The number of hydrogen-bond acceptors (Lipinski definition) is 2. The van der Waals surface area contributed by atoms with E-state index >= 15 is 0 Å². The highest BCUT2D eigenvalue weighted by Crippen LogP contribution is 2.22. The lowest BCUT2D eigenvalue weighted by Gasteiger charge is -2.18. The Labute approximate surface area is 139 Å². The number of rotatable bonds is 6. The van der Waals surface area contributed by atoms with Gasteiger partial charge in [0.15, 0.2) is 0 Å². The molecular formula is C20H26N2O. The standard InChI is InChI=1S/C20H26N2O/c1-5-16-8-6-9-17(12-16)18-10-7-11-19(13-18)20(23)21-15(2)14-22(3)4/h6-13,15H,5,14H2,1-4H3,(H,21,23). The summed E-state index contributed by atoms with van der Waals surface area (Å²) in [6.07, 6.45) is 1.01. The molecule has 1 atom stereocenters. The molecule has 1 N–H and O–H groups in total. The second-order valence-corrected chi connectivity index (χ2v) is 6.27. The molecule has 2 aromatic rings. The van der Waals surface area contributed by atoms with E-state index < -0.39 is 0 Å². The minimum atomic E-state index is -0.0205. The number of carbonyl (C=O) groups is 1. The van der Waals surface area contributed by atoms with Crippen molar-refractivity contribution >= 4 is 5.91 Å². The Morgan fingerprint density at radius 1 is 1.09 bits per heavy atom. The van der Waals surface area contributed by atoms with Gasteiger partial charge in [-0.3, -0.25) is 4.79 Å². The molecule has 0 aliphatic carbocycles. The molecule has 122 valence electrons. The van der Waals surface area contributed by atoms with Gasteiger partial charge in [0.05, 0.1) is 0 Å². The first-order valence-electron chi connectivity index (χ1n) is 8.14. The van der Waals surface area contributed by atoms with E-state index in [1.165, 1.54) is 5.56 Å². The molecule has 1 amide bonds. The van der Waals surface area contributed by atoms with Crippen LogP contribution in [-0.2, 0) is 6.42 Å². The van der Waals surface area contributed by atoms with Crippen molar-refractivity contribution in [3.8, 4) is 11.1 Å². The molecule has 2 aromatic carbocycles. The predicted octanol–water partition coefficient (Wildman–Crippen LogP) is 3.60. The monoisotopic (exact) mass is 310 g/mol. The molecule has 3 nitrogen and oxygen atoms in total. The largest absolute Gasteiger partial charge is 0.348 e. The minimum Gasteiger partial charge on any atom is -0.348 e. The first-order valence-corrected chi connectivity index (χ1v) is 8.14. The summed E-state index contributed by atoms with van der Waals surface area (Å²) in [5.41, 5.74) is 4.24. The van der Waals surface area contributed by atoms with Gasteiger partial charge in [0.2, 0.25) is 0 Å². The van der Waals surface area contributed by atoms with E-state index in [0.717, 1.165) is 24.1 Å². The maximum atomic E-state index is 12.4. The summed E-state index contributed by atoms with van der Waals surface area (Å²) in [5.74, 6) is -0.0205. The van der Waals surface area contributed by atoms with Gasteiger partial charge < -0.3 is 10.2 Å². The third-order valence-electron chi connectivity index (χ3n) is 3.81. The van der Waals surface area contributed by atoms with Gasteiger partial charge in [-0.1, -0.05) is 43.3 Å². The van der Waals surface area contributed by atoms with E-state index in [1.807, 2.05) is 39.2 Å². The minimum absolute atomic E-state index is 0.0205. The van der Waals surface area contributed by atoms with Crippen molar-refractivity contribution in [3.05, 3.63) is 59.7 Å². The Balaban J connectivity index is 2.17. The number of nitrogens with one attached hydrogen (secondary N) is 1. The van der Waals surface area contributed by atoms with Crippen LogP contribution in [0.1, 0.15) is 29.8 Å². The summed E-state index contributed by atoms with van der Waals surface area (Å²) in [5, 5.41) is 3.05. The molecule has 0 saturated heterocycles. The molecule has 0 bridgehead atoms. The number of aryl methyl sites for hydroxylation is 1. The first-order chi connectivity index (χ1) is 11.0. The molecule has 0 aliphatic rings. The topological polar surface area (TPSA) is 32.3 Å². The third kappa shape index (κ3) is 4.93. The molecule has 2 rings (SSSR count). The summed E-state index contributed by atoms with van der Waals surface area (Å²) < 4.78 is 0. The first kappa shape index (κ1) is 17.2. The zero-order valence-electron chi connectivity index (χ0n) is 14.5. The smallest absolute Gasteiger partial charge is 0.251 e. The Morgan fingerprint density at radius 3 is 2.39 bits per heavy atom. The van der Waals surface area contributed by atoms with Gasteiger partial charge in [-0.2, -0.15) is 0 Å². The molecule has 1 unspecified atom stereocenters. The molecule has 3 heteroatoms. The van der Waals surface area contributed by atoms with E-state index in [2.05, 4.69) is 47.5 Å². The lowest BCUT2D eigenvalue weighted by atomic mass is 10.00. The highest BCUT2D eigenvalue weighted by Gasteiger charge is 2.11. The van der Waals surface area contributed by atoms with Crippen molar-refractivity contribution in [2.75, 3.05) is 20.6 Å². The number of carbonyl (C=O) groups excluding carboxylic acids is 1. The number of amides is 1. The number of benzene rings is 2. The number of nitrogens with zero attached hydrogens (tertiary/aromatic N) is 1. The highest BCUT2D eigenvalue weighted by atomic mass is 16.1. The molecule has 0 aromatic heterocycles. The molecule has 0 spiro atoms. The molecule has 23 heavy (non-hydrogen) atoms. The third-order valence-corrected chi connectivity index (χ3v) is 3.81. The van der Waals surface area contributed by atoms with E-state index in [-0.39, 0.29) is 11.9 Å². The van der Waals surface area contributed by atoms with E-state index in [9.17, 15) is 4.79 Å². The van der Waals surface area contributed by atoms with Crippen LogP contribution in [-0.4, -0.2) is 37.5 Å². The van der Waals surface area contributed by atoms with Crippen molar-refractivity contribution in [1.29, 1.82) is 0 Å². The number of likely N-dealkylation sites (N-methyl/N-ethyl adjacent to an activating group) is 1. The van der Waals surface area contributed by atoms with Gasteiger partial charge >= 0.3 is 0 Å². The van der Waals surface area contributed by atoms with Gasteiger partial charge in [-0.25, -0.2) is 0 Å². The summed E-state index contributed by atoms with van der Waals surface area (Å²) in [4.78, 5) is 14.5. The van der Waals surface area contributed by atoms with Crippen LogP contribution >= 0.6 is 0 Å². The zero-order valence-corrected chi connectivity index (χ0v) is 14.5.